The number of benzene rings is 1. The number of rotatable bonds is 7. The molecule has 3 rings (SSSR count). The molecule has 2 aromatic rings. The Morgan fingerprint density at radius 2 is 2.00 bits per heavy atom. The van der Waals surface area contributed by atoms with E-state index in [-0.39, 0.29) is 0 Å². The minimum Gasteiger partial charge on any atom is -0.356 e. The van der Waals surface area contributed by atoms with E-state index >= 15 is 0 Å². The van der Waals surface area contributed by atoms with Crippen LogP contribution in [0.25, 0.3) is 6.08 Å². The average molecular weight is 398 g/mol. The zero-order valence-corrected chi connectivity index (χ0v) is 17.8. The van der Waals surface area contributed by atoms with Gasteiger partial charge in [-0.1, -0.05) is 49.4 Å². The molecule has 5 nitrogen and oxygen atoms in total. The summed E-state index contributed by atoms with van der Waals surface area (Å²) in [6, 6.07) is 10.5. The van der Waals surface area contributed by atoms with Gasteiger partial charge in [-0.3, -0.25) is 9.89 Å². The Hall–Kier alpha value is -2.18. The van der Waals surface area contributed by atoms with E-state index in [0.717, 1.165) is 58.1 Å². The molecule has 150 valence electrons. The molecule has 6 heteroatoms. The van der Waals surface area contributed by atoms with Crippen molar-refractivity contribution in [1.29, 1.82) is 0 Å². The standard InChI is InChI=1S/C22H31N5S/c1-3-21-25-20(18-28-21)11-12-24-22(23-2)27-16-14-26(15-17-27)13-7-10-19-8-5-4-6-9-19/h4-10,18H,3,11-17H2,1-2H3,(H,23,24)/b10-7+. The lowest BCUT2D eigenvalue weighted by Gasteiger charge is -2.36. The number of hydrogen-bond donors (Lipinski definition) is 1. The number of nitrogens with one attached hydrogen (secondary N) is 1. The molecule has 0 saturated carbocycles. The Morgan fingerprint density at radius 1 is 1.21 bits per heavy atom. The van der Waals surface area contributed by atoms with Gasteiger partial charge in [0.2, 0.25) is 0 Å². The monoisotopic (exact) mass is 397 g/mol. The van der Waals surface area contributed by atoms with Crippen molar-refractivity contribution in [1.82, 2.24) is 20.1 Å². The fourth-order valence-corrected chi connectivity index (χ4v) is 4.08. The first-order valence-corrected chi connectivity index (χ1v) is 11.0. The highest BCUT2D eigenvalue weighted by Crippen LogP contribution is 2.10. The van der Waals surface area contributed by atoms with E-state index in [9.17, 15) is 0 Å². The van der Waals surface area contributed by atoms with Crippen molar-refractivity contribution in [3.63, 3.8) is 0 Å². The Kier molecular flexibility index (Phi) is 8.06. The lowest BCUT2D eigenvalue weighted by Crippen LogP contribution is -2.52. The maximum absolute atomic E-state index is 4.64. The van der Waals surface area contributed by atoms with Gasteiger partial charge in [-0.05, 0) is 12.0 Å². The quantitative estimate of drug-likeness (QED) is 0.576. The maximum atomic E-state index is 4.64. The lowest BCUT2D eigenvalue weighted by atomic mass is 10.2. The Bertz CT molecular complexity index is 760. The Labute approximate surface area is 172 Å². The molecule has 0 aliphatic carbocycles. The van der Waals surface area contributed by atoms with Crippen LogP contribution < -0.4 is 5.32 Å². The van der Waals surface area contributed by atoms with E-state index in [0.29, 0.717) is 0 Å². The lowest BCUT2D eigenvalue weighted by molar-refractivity contribution is 0.194. The first kappa shape index (κ1) is 20.6. The van der Waals surface area contributed by atoms with Crippen LogP contribution >= 0.6 is 11.3 Å². The first-order valence-electron chi connectivity index (χ1n) is 10.1. The van der Waals surface area contributed by atoms with E-state index in [1.54, 1.807) is 11.3 Å². The highest BCUT2D eigenvalue weighted by atomic mass is 32.1. The minimum absolute atomic E-state index is 0.875. The topological polar surface area (TPSA) is 43.8 Å². The largest absolute Gasteiger partial charge is 0.356 e. The molecule has 0 amide bonds. The van der Waals surface area contributed by atoms with E-state index in [1.165, 1.54) is 16.3 Å². The van der Waals surface area contributed by atoms with Crippen LogP contribution in [0.1, 0.15) is 23.2 Å². The zero-order chi connectivity index (χ0) is 19.6. The van der Waals surface area contributed by atoms with Crippen molar-refractivity contribution in [3.05, 3.63) is 58.1 Å². The average Bonchev–Trinajstić information content (AvgIpc) is 3.21. The van der Waals surface area contributed by atoms with Crippen molar-refractivity contribution in [2.45, 2.75) is 19.8 Å². The predicted molar refractivity (Wildman–Crippen MR) is 120 cm³/mol. The molecule has 0 unspecified atom stereocenters. The van der Waals surface area contributed by atoms with Gasteiger partial charge < -0.3 is 10.2 Å². The molecule has 1 aliphatic rings. The summed E-state index contributed by atoms with van der Waals surface area (Å²) in [5.41, 5.74) is 2.44. The number of aliphatic imine (C=N–C) groups is 1. The third kappa shape index (κ3) is 6.17. The van der Waals surface area contributed by atoms with Gasteiger partial charge in [-0.15, -0.1) is 11.3 Å². The van der Waals surface area contributed by atoms with Crippen molar-refractivity contribution in [3.8, 4) is 0 Å². The summed E-state index contributed by atoms with van der Waals surface area (Å²) in [7, 11) is 1.87. The third-order valence-corrected chi connectivity index (χ3v) is 5.97. The fourth-order valence-electron chi connectivity index (χ4n) is 3.31. The third-order valence-electron chi connectivity index (χ3n) is 4.92. The normalized spacial score (nSPS) is 16.1. The molecule has 0 atom stereocenters. The molecule has 0 bridgehead atoms. The fraction of sp³-hybridized carbons (Fsp3) is 0.455. The summed E-state index contributed by atoms with van der Waals surface area (Å²) in [6.45, 7) is 8.17. The highest BCUT2D eigenvalue weighted by molar-refractivity contribution is 7.09. The molecule has 0 radical (unpaired) electrons. The maximum Gasteiger partial charge on any atom is 0.193 e. The van der Waals surface area contributed by atoms with Gasteiger partial charge in [-0.25, -0.2) is 4.98 Å². The van der Waals surface area contributed by atoms with Crippen LogP contribution in [0.5, 0.6) is 0 Å². The van der Waals surface area contributed by atoms with Crippen LogP contribution in [-0.4, -0.2) is 67.1 Å². The van der Waals surface area contributed by atoms with Gasteiger partial charge in [0.1, 0.15) is 0 Å². The van der Waals surface area contributed by atoms with Gasteiger partial charge in [0.15, 0.2) is 5.96 Å². The second-order valence-electron chi connectivity index (χ2n) is 6.91. The summed E-state index contributed by atoms with van der Waals surface area (Å²) in [5, 5.41) is 6.89. The van der Waals surface area contributed by atoms with E-state index in [2.05, 4.69) is 79.9 Å². The summed E-state index contributed by atoms with van der Waals surface area (Å²) in [4.78, 5) is 14.0. The molecule has 1 N–H and O–H groups in total. The minimum atomic E-state index is 0.875. The van der Waals surface area contributed by atoms with Gasteiger partial charge in [-0.2, -0.15) is 0 Å². The number of aryl methyl sites for hydroxylation is 1. The Balaban J connectivity index is 1.38. The van der Waals surface area contributed by atoms with Gasteiger partial charge >= 0.3 is 0 Å². The highest BCUT2D eigenvalue weighted by Gasteiger charge is 2.18. The number of aromatic nitrogens is 1. The Morgan fingerprint density at radius 3 is 2.68 bits per heavy atom. The molecular formula is C22H31N5S. The summed E-state index contributed by atoms with van der Waals surface area (Å²) < 4.78 is 0. The van der Waals surface area contributed by atoms with Crippen molar-refractivity contribution < 1.29 is 0 Å². The van der Waals surface area contributed by atoms with Gasteiger partial charge in [0, 0.05) is 58.1 Å². The molecule has 0 spiro atoms. The molecule has 1 saturated heterocycles. The number of guanidine groups is 1. The number of nitrogens with zero attached hydrogens (tertiary/aromatic N) is 4. The SMILES string of the molecule is CCc1nc(CCNC(=NC)N2CCN(C/C=C/c3ccccc3)CC2)cs1. The van der Waals surface area contributed by atoms with E-state index in [4.69, 9.17) is 0 Å². The molecule has 1 aromatic heterocycles. The zero-order valence-electron chi connectivity index (χ0n) is 17.0. The van der Waals surface area contributed by atoms with Crippen molar-refractivity contribution >= 4 is 23.4 Å². The summed E-state index contributed by atoms with van der Waals surface area (Å²) in [5.74, 6) is 1.01. The van der Waals surface area contributed by atoms with Crippen molar-refractivity contribution in [2.75, 3.05) is 46.3 Å². The smallest absolute Gasteiger partial charge is 0.193 e. The van der Waals surface area contributed by atoms with Crippen LogP contribution in [0.3, 0.4) is 0 Å². The second-order valence-corrected chi connectivity index (χ2v) is 7.85. The second kappa shape index (κ2) is 11.0. The van der Waals surface area contributed by atoms with Gasteiger partial charge in [0.25, 0.3) is 0 Å². The van der Waals surface area contributed by atoms with Crippen LogP contribution in [0.2, 0.25) is 0 Å². The van der Waals surface area contributed by atoms with Gasteiger partial charge in [0.05, 0.1) is 10.7 Å². The predicted octanol–water partition coefficient (Wildman–Crippen LogP) is 3.15. The summed E-state index contributed by atoms with van der Waals surface area (Å²) >= 11 is 1.76. The summed E-state index contributed by atoms with van der Waals surface area (Å²) in [6.07, 6.45) is 6.43. The molecular weight excluding hydrogens is 366 g/mol. The molecule has 2 heterocycles. The molecule has 1 aromatic carbocycles. The molecule has 1 aliphatic heterocycles. The van der Waals surface area contributed by atoms with Crippen molar-refractivity contribution in [2.24, 2.45) is 4.99 Å². The number of hydrogen-bond acceptors (Lipinski definition) is 4. The number of thiazole rings is 1. The van der Waals surface area contributed by atoms with E-state index < -0.39 is 0 Å². The van der Waals surface area contributed by atoms with Crippen LogP contribution in [0.15, 0.2) is 46.8 Å². The molecule has 1 fully saturated rings. The van der Waals surface area contributed by atoms with Crippen LogP contribution in [0, 0.1) is 0 Å². The number of piperazine rings is 1. The van der Waals surface area contributed by atoms with E-state index in [1.807, 2.05) is 7.05 Å². The molecule has 28 heavy (non-hydrogen) atoms. The first-order chi connectivity index (χ1) is 13.8. The van der Waals surface area contributed by atoms with Crippen LogP contribution in [-0.2, 0) is 12.8 Å². The van der Waals surface area contributed by atoms with Crippen LogP contribution in [0.4, 0.5) is 0 Å².